The smallest absolute Gasteiger partial charge is 0.254 e. The zero-order chi connectivity index (χ0) is 23.9. The number of carbonyl (C=O) groups excluding carboxylic acids is 2. The fraction of sp³-hybridized carbons (Fsp3) is 0.346. The summed E-state index contributed by atoms with van der Waals surface area (Å²) in [5, 5.41) is 3.85. The van der Waals surface area contributed by atoms with Crippen LogP contribution >= 0.6 is 0 Å². The quantitative estimate of drug-likeness (QED) is 0.558. The summed E-state index contributed by atoms with van der Waals surface area (Å²) in [7, 11) is 1.74. The minimum Gasteiger partial charge on any atom is -0.489 e. The normalized spacial score (nSPS) is 15.7. The molecule has 0 bridgehead atoms. The first-order chi connectivity index (χ1) is 15.6. The number of benzene rings is 1. The molecule has 0 spiro atoms. The van der Waals surface area contributed by atoms with E-state index in [0.717, 1.165) is 28.7 Å². The van der Waals surface area contributed by atoms with E-state index in [1.54, 1.807) is 31.9 Å². The second-order valence-electron chi connectivity index (χ2n) is 9.06. The fourth-order valence-corrected chi connectivity index (χ4v) is 3.92. The number of nitrogens with zero attached hydrogens (tertiary/aromatic N) is 2. The van der Waals surface area contributed by atoms with Crippen molar-refractivity contribution in [3.8, 4) is 5.75 Å². The van der Waals surface area contributed by atoms with E-state index in [4.69, 9.17) is 9.15 Å². The number of anilines is 1. The van der Waals surface area contributed by atoms with Gasteiger partial charge in [0.15, 0.2) is 11.6 Å². The van der Waals surface area contributed by atoms with Crippen LogP contribution in [-0.2, 0) is 16.0 Å². The average Bonchev–Trinajstić information content (AvgIpc) is 3.14. The molecule has 2 amide bonds. The van der Waals surface area contributed by atoms with Gasteiger partial charge in [0.05, 0.1) is 11.5 Å². The lowest BCUT2D eigenvalue weighted by Crippen LogP contribution is -2.33. The third-order valence-electron chi connectivity index (χ3n) is 6.26. The molecular weight excluding hydrogens is 418 g/mol. The molecule has 3 heterocycles. The average molecular weight is 448 g/mol. The second kappa shape index (κ2) is 8.39. The number of carbonyl (C=O) groups is 2. The Bertz CT molecular complexity index is 1260. The number of amides is 2. The topological polar surface area (TPSA) is 84.7 Å². The van der Waals surface area contributed by atoms with Crippen LogP contribution in [0.4, 0.5) is 5.82 Å². The third kappa shape index (κ3) is 3.99. The summed E-state index contributed by atoms with van der Waals surface area (Å²) in [5.74, 6) is 1.12. The Morgan fingerprint density at radius 2 is 2.06 bits per heavy atom. The van der Waals surface area contributed by atoms with E-state index in [9.17, 15) is 9.59 Å². The van der Waals surface area contributed by atoms with Crippen molar-refractivity contribution in [1.29, 1.82) is 0 Å². The van der Waals surface area contributed by atoms with E-state index in [-0.39, 0.29) is 30.0 Å². The summed E-state index contributed by atoms with van der Waals surface area (Å²) >= 11 is 0. The van der Waals surface area contributed by atoms with Crippen LogP contribution in [0.3, 0.4) is 0 Å². The zero-order valence-electron chi connectivity index (χ0n) is 19.7. The van der Waals surface area contributed by atoms with Gasteiger partial charge in [-0.1, -0.05) is 31.7 Å². The van der Waals surface area contributed by atoms with Crippen molar-refractivity contribution in [1.82, 2.24) is 9.88 Å². The number of likely N-dealkylation sites (N-methyl/N-ethyl adjacent to an activating group) is 1. The lowest BCUT2D eigenvalue weighted by Gasteiger charge is -2.25. The maximum Gasteiger partial charge on any atom is 0.254 e. The summed E-state index contributed by atoms with van der Waals surface area (Å²) in [6.07, 6.45) is 2.33. The maximum absolute atomic E-state index is 13.3. The van der Waals surface area contributed by atoms with Crippen molar-refractivity contribution in [2.24, 2.45) is 5.41 Å². The highest BCUT2D eigenvalue weighted by atomic mass is 16.5. The number of rotatable bonds is 5. The Morgan fingerprint density at radius 1 is 1.33 bits per heavy atom. The van der Waals surface area contributed by atoms with E-state index in [2.05, 4.69) is 23.8 Å². The maximum atomic E-state index is 13.3. The molecule has 0 radical (unpaired) electrons. The number of ether oxygens (including phenoxy) is 1. The van der Waals surface area contributed by atoms with Gasteiger partial charge in [0, 0.05) is 35.3 Å². The minimum absolute atomic E-state index is 0.164. The van der Waals surface area contributed by atoms with Gasteiger partial charge in [0.1, 0.15) is 18.0 Å². The molecular formula is C26H29N3O4. The predicted molar refractivity (Wildman–Crippen MR) is 128 cm³/mol. The molecule has 0 aliphatic carbocycles. The van der Waals surface area contributed by atoms with Crippen LogP contribution in [0.1, 0.15) is 50.6 Å². The lowest BCUT2D eigenvalue weighted by atomic mass is 9.94. The van der Waals surface area contributed by atoms with Crippen LogP contribution < -0.4 is 10.1 Å². The number of pyridine rings is 1. The van der Waals surface area contributed by atoms with Crippen LogP contribution in [0, 0.1) is 5.41 Å². The Morgan fingerprint density at radius 3 is 2.79 bits per heavy atom. The summed E-state index contributed by atoms with van der Waals surface area (Å²) in [6, 6.07) is 9.30. The van der Waals surface area contributed by atoms with Gasteiger partial charge in [0.25, 0.3) is 5.91 Å². The van der Waals surface area contributed by atoms with Gasteiger partial charge in [0.2, 0.25) is 5.91 Å². The number of aryl methyl sites for hydroxylation is 1. The molecule has 0 saturated carbocycles. The molecule has 0 unspecified atom stereocenters. The first-order valence-corrected chi connectivity index (χ1v) is 11.0. The number of nitrogens with one attached hydrogen (secondary N) is 1. The van der Waals surface area contributed by atoms with E-state index in [1.165, 1.54) is 6.20 Å². The van der Waals surface area contributed by atoms with E-state index >= 15 is 0 Å². The van der Waals surface area contributed by atoms with Crippen LogP contribution in [0.2, 0.25) is 0 Å². The molecule has 4 rings (SSSR count). The molecule has 33 heavy (non-hydrogen) atoms. The molecule has 1 aromatic carbocycles. The molecule has 1 aliphatic rings. The van der Waals surface area contributed by atoms with Crippen molar-refractivity contribution in [2.45, 2.75) is 40.2 Å². The lowest BCUT2D eigenvalue weighted by molar-refractivity contribution is -0.126. The Labute approximate surface area is 193 Å². The molecule has 172 valence electrons. The van der Waals surface area contributed by atoms with Crippen LogP contribution in [-0.4, -0.2) is 35.4 Å². The molecule has 2 aromatic heterocycles. The van der Waals surface area contributed by atoms with Gasteiger partial charge in [-0.25, -0.2) is 4.98 Å². The fourth-order valence-electron chi connectivity index (χ4n) is 3.92. The first-order valence-electron chi connectivity index (χ1n) is 11.0. The summed E-state index contributed by atoms with van der Waals surface area (Å²) in [5.41, 5.74) is 2.04. The molecule has 3 aromatic rings. The van der Waals surface area contributed by atoms with Crippen LogP contribution in [0.5, 0.6) is 5.75 Å². The van der Waals surface area contributed by atoms with Crippen LogP contribution in [0.25, 0.3) is 16.5 Å². The number of hydrogen-bond acceptors (Lipinski definition) is 5. The van der Waals surface area contributed by atoms with Crippen LogP contribution in [0.15, 0.2) is 47.5 Å². The zero-order valence-corrected chi connectivity index (χ0v) is 19.7. The van der Waals surface area contributed by atoms with Gasteiger partial charge >= 0.3 is 0 Å². The molecule has 7 nitrogen and oxygen atoms in total. The molecule has 0 fully saturated rings. The standard InChI is InChI=1S/C26H29N3O4/c1-7-18-19-10-8-9-11-20(19)33-22(18)16(3)29(6)24(30)15(2)17-12-21-23(27-13-17)28-25(31)26(4,5)14-32-21/h8-13,16H,2,7,14H2,1,3-6H3,(H,27,28,31)/t16-/m1/s1. The highest BCUT2D eigenvalue weighted by Gasteiger charge is 2.33. The molecule has 1 aliphatic heterocycles. The number of hydrogen-bond donors (Lipinski definition) is 1. The predicted octanol–water partition coefficient (Wildman–Crippen LogP) is 4.98. The second-order valence-corrected chi connectivity index (χ2v) is 9.06. The third-order valence-corrected chi connectivity index (χ3v) is 6.26. The SMILES string of the molecule is C=C(C(=O)N(C)[C@H](C)c1oc2ccccc2c1CC)c1cnc2c(c1)OCC(C)(C)C(=O)N2. The van der Waals surface area contributed by atoms with Crippen molar-refractivity contribution < 1.29 is 18.7 Å². The summed E-state index contributed by atoms with van der Waals surface area (Å²) in [6.45, 7) is 11.9. The number of fused-ring (bicyclic) bond motifs is 2. The highest BCUT2D eigenvalue weighted by Crippen LogP contribution is 2.35. The Kier molecular flexibility index (Phi) is 5.74. The largest absolute Gasteiger partial charge is 0.489 e. The van der Waals surface area contributed by atoms with E-state index in [0.29, 0.717) is 17.1 Å². The summed E-state index contributed by atoms with van der Waals surface area (Å²) < 4.78 is 11.9. The number of aromatic nitrogens is 1. The highest BCUT2D eigenvalue weighted by molar-refractivity contribution is 6.18. The van der Waals surface area contributed by atoms with Crippen molar-refractivity contribution in [3.63, 3.8) is 0 Å². The van der Waals surface area contributed by atoms with Gasteiger partial charge in [-0.3, -0.25) is 9.59 Å². The van der Waals surface area contributed by atoms with Gasteiger partial charge in [-0.2, -0.15) is 0 Å². The van der Waals surface area contributed by atoms with Gasteiger partial charge < -0.3 is 19.4 Å². The molecule has 1 N–H and O–H groups in total. The van der Waals surface area contributed by atoms with Crippen molar-refractivity contribution >= 4 is 34.2 Å². The number of para-hydroxylation sites is 1. The molecule has 1 atom stereocenters. The van der Waals surface area contributed by atoms with Crippen molar-refractivity contribution in [2.75, 3.05) is 19.0 Å². The Hall–Kier alpha value is -3.61. The monoisotopic (exact) mass is 447 g/mol. The van der Waals surface area contributed by atoms with Crippen molar-refractivity contribution in [3.05, 3.63) is 60.0 Å². The summed E-state index contributed by atoms with van der Waals surface area (Å²) in [4.78, 5) is 31.6. The number of furan rings is 1. The van der Waals surface area contributed by atoms with E-state index < -0.39 is 5.41 Å². The van der Waals surface area contributed by atoms with Gasteiger partial charge in [-0.15, -0.1) is 0 Å². The van der Waals surface area contributed by atoms with E-state index in [1.807, 2.05) is 31.2 Å². The molecule has 0 saturated heterocycles. The molecule has 7 heteroatoms. The minimum atomic E-state index is -0.688. The Balaban J connectivity index is 1.58. The first kappa shape index (κ1) is 22.6. The van der Waals surface area contributed by atoms with Gasteiger partial charge in [-0.05, 0) is 39.3 Å².